The molecule has 1 saturated heterocycles. The fraction of sp³-hybridized carbons (Fsp3) is 0.409. The second-order valence-electron chi connectivity index (χ2n) is 7.70. The van der Waals surface area contributed by atoms with E-state index in [-0.39, 0.29) is 6.04 Å². The van der Waals surface area contributed by atoms with E-state index in [0.717, 1.165) is 24.0 Å². The lowest BCUT2D eigenvalue weighted by atomic mass is 9.88. The zero-order valence-corrected chi connectivity index (χ0v) is 16.5. The first-order valence-corrected chi connectivity index (χ1v) is 9.46. The van der Waals surface area contributed by atoms with Crippen molar-refractivity contribution in [2.75, 3.05) is 11.9 Å². The van der Waals surface area contributed by atoms with Crippen LogP contribution < -0.4 is 5.32 Å². The number of hydrogen-bond acceptors (Lipinski definition) is 3. The second kappa shape index (κ2) is 7.91. The predicted octanol–water partition coefficient (Wildman–Crippen LogP) is 3.95. The number of benzene rings is 1. The number of pyridine rings is 1. The topological polar surface area (TPSA) is 62.3 Å². The molecule has 2 amide bonds. The molecule has 0 radical (unpaired) electrons. The van der Waals surface area contributed by atoms with Gasteiger partial charge < -0.3 is 10.2 Å². The molecule has 1 aromatic heterocycles. The highest BCUT2D eigenvalue weighted by atomic mass is 16.2. The van der Waals surface area contributed by atoms with Crippen molar-refractivity contribution < 1.29 is 9.59 Å². The minimum atomic E-state index is -0.606. The molecule has 1 aliphatic rings. The van der Waals surface area contributed by atoms with Crippen molar-refractivity contribution in [3.8, 4) is 0 Å². The van der Waals surface area contributed by atoms with Gasteiger partial charge in [-0.1, -0.05) is 25.1 Å². The summed E-state index contributed by atoms with van der Waals surface area (Å²) in [4.78, 5) is 31.4. The largest absolute Gasteiger partial charge is 0.327 e. The third-order valence-corrected chi connectivity index (χ3v) is 5.32. The van der Waals surface area contributed by atoms with Crippen LogP contribution in [0.4, 0.5) is 5.69 Å². The van der Waals surface area contributed by atoms with Gasteiger partial charge in [-0.15, -0.1) is 0 Å². The van der Waals surface area contributed by atoms with Gasteiger partial charge in [-0.3, -0.25) is 14.6 Å². The van der Waals surface area contributed by atoms with E-state index in [4.69, 9.17) is 0 Å². The monoisotopic (exact) mass is 365 g/mol. The van der Waals surface area contributed by atoms with Crippen LogP contribution in [0.25, 0.3) is 0 Å². The predicted molar refractivity (Wildman–Crippen MR) is 106 cm³/mol. The van der Waals surface area contributed by atoms with Crippen LogP contribution in [0.2, 0.25) is 0 Å². The van der Waals surface area contributed by atoms with Gasteiger partial charge in [0.2, 0.25) is 0 Å². The Morgan fingerprint density at radius 2 is 1.85 bits per heavy atom. The van der Waals surface area contributed by atoms with Crippen molar-refractivity contribution in [3.63, 3.8) is 0 Å². The molecule has 142 valence electrons. The highest BCUT2D eigenvalue weighted by molar-refractivity contribution is 6.39. The minimum Gasteiger partial charge on any atom is -0.327 e. The molecular weight excluding hydrogens is 338 g/mol. The quantitative estimate of drug-likeness (QED) is 0.820. The number of nitrogens with zero attached hydrogens (tertiary/aromatic N) is 2. The lowest BCUT2D eigenvalue weighted by Gasteiger charge is -2.38. The first kappa shape index (κ1) is 19.1. The molecule has 1 aromatic carbocycles. The molecule has 5 heteroatoms. The lowest BCUT2D eigenvalue weighted by Crippen LogP contribution is -2.46. The molecule has 5 nitrogen and oxygen atoms in total. The van der Waals surface area contributed by atoms with Crippen LogP contribution in [-0.2, 0) is 9.59 Å². The van der Waals surface area contributed by atoms with Crippen LogP contribution in [0.5, 0.6) is 0 Å². The maximum absolute atomic E-state index is 13.0. The summed E-state index contributed by atoms with van der Waals surface area (Å²) >= 11 is 0. The molecule has 1 fully saturated rings. The maximum atomic E-state index is 13.0. The molecule has 2 atom stereocenters. The molecule has 0 spiro atoms. The fourth-order valence-corrected chi connectivity index (χ4v) is 3.63. The van der Waals surface area contributed by atoms with Crippen molar-refractivity contribution in [1.29, 1.82) is 0 Å². The maximum Gasteiger partial charge on any atom is 0.313 e. The van der Waals surface area contributed by atoms with Crippen LogP contribution in [0.15, 0.2) is 36.7 Å². The van der Waals surface area contributed by atoms with Crippen LogP contribution in [0.1, 0.15) is 48.1 Å². The number of aromatic nitrogens is 1. The average Bonchev–Trinajstić information content (AvgIpc) is 2.63. The van der Waals surface area contributed by atoms with E-state index in [0.29, 0.717) is 18.2 Å². The van der Waals surface area contributed by atoms with E-state index in [1.807, 2.05) is 6.92 Å². The van der Waals surface area contributed by atoms with Gasteiger partial charge in [-0.05, 0) is 67.9 Å². The summed E-state index contributed by atoms with van der Waals surface area (Å²) in [6.07, 6.45) is 5.18. The summed E-state index contributed by atoms with van der Waals surface area (Å²) in [5, 5.41) is 2.69. The Morgan fingerprint density at radius 1 is 1.07 bits per heavy atom. The standard InChI is InChI=1S/C22H27N3O2/c1-14-5-8-20(18-7-6-16(3)17(4)10-18)25(13-14)22(27)21(26)24-19-9-15(2)11-23-12-19/h6-7,9-12,14,20H,5,8,13H2,1-4H3,(H,24,26)/t14-,20+/m0/s1. The summed E-state index contributed by atoms with van der Waals surface area (Å²) in [6.45, 7) is 8.77. The Balaban J connectivity index is 1.82. The zero-order valence-electron chi connectivity index (χ0n) is 16.5. The highest BCUT2D eigenvalue weighted by Gasteiger charge is 2.34. The van der Waals surface area contributed by atoms with E-state index in [1.54, 1.807) is 23.4 Å². The number of likely N-dealkylation sites (tertiary alicyclic amines) is 1. The van der Waals surface area contributed by atoms with Crippen LogP contribution >= 0.6 is 0 Å². The van der Waals surface area contributed by atoms with E-state index in [9.17, 15) is 9.59 Å². The molecule has 2 heterocycles. The minimum absolute atomic E-state index is 0.0608. The number of carbonyl (C=O) groups excluding carboxylic acids is 2. The van der Waals surface area contributed by atoms with Crippen LogP contribution in [0.3, 0.4) is 0 Å². The number of carbonyl (C=O) groups is 2. The number of anilines is 1. The Morgan fingerprint density at radius 3 is 2.56 bits per heavy atom. The second-order valence-corrected chi connectivity index (χ2v) is 7.70. The third kappa shape index (κ3) is 4.35. The zero-order chi connectivity index (χ0) is 19.6. The van der Waals surface area contributed by atoms with E-state index in [1.165, 1.54) is 11.1 Å². The number of hydrogen-bond donors (Lipinski definition) is 1. The van der Waals surface area contributed by atoms with Crippen molar-refractivity contribution >= 4 is 17.5 Å². The molecule has 1 aliphatic heterocycles. The first-order valence-electron chi connectivity index (χ1n) is 9.46. The molecule has 0 saturated carbocycles. The Labute approximate surface area is 160 Å². The van der Waals surface area contributed by atoms with Gasteiger partial charge in [0.25, 0.3) is 0 Å². The Kier molecular flexibility index (Phi) is 5.59. The smallest absolute Gasteiger partial charge is 0.313 e. The first-order chi connectivity index (χ1) is 12.8. The number of aryl methyl sites for hydroxylation is 3. The van der Waals surface area contributed by atoms with Crippen LogP contribution in [0, 0.1) is 26.7 Å². The summed E-state index contributed by atoms with van der Waals surface area (Å²) < 4.78 is 0. The summed E-state index contributed by atoms with van der Waals surface area (Å²) in [5.74, 6) is -0.707. The summed E-state index contributed by atoms with van der Waals surface area (Å²) in [6, 6.07) is 8.04. The number of piperidine rings is 1. The number of nitrogens with one attached hydrogen (secondary N) is 1. The van der Waals surface area contributed by atoms with Gasteiger partial charge in [0.05, 0.1) is 17.9 Å². The SMILES string of the molecule is Cc1cncc(NC(=O)C(=O)N2C[C@@H](C)CC[C@@H]2c2ccc(C)c(C)c2)c1. The van der Waals surface area contributed by atoms with E-state index >= 15 is 0 Å². The van der Waals surface area contributed by atoms with E-state index in [2.05, 4.69) is 49.3 Å². The molecule has 27 heavy (non-hydrogen) atoms. The van der Waals surface area contributed by atoms with Crippen molar-refractivity contribution in [1.82, 2.24) is 9.88 Å². The Bertz CT molecular complexity index is 862. The molecule has 2 aromatic rings. The van der Waals surface area contributed by atoms with E-state index < -0.39 is 11.8 Å². The number of rotatable bonds is 2. The van der Waals surface area contributed by atoms with Gasteiger partial charge in [0.15, 0.2) is 0 Å². The van der Waals surface area contributed by atoms with Gasteiger partial charge >= 0.3 is 11.8 Å². The summed E-state index contributed by atoms with van der Waals surface area (Å²) in [7, 11) is 0. The van der Waals surface area contributed by atoms with Crippen molar-refractivity contribution in [3.05, 3.63) is 58.9 Å². The van der Waals surface area contributed by atoms with Gasteiger partial charge in [0.1, 0.15) is 0 Å². The van der Waals surface area contributed by atoms with Gasteiger partial charge in [0, 0.05) is 12.7 Å². The molecule has 3 rings (SSSR count). The van der Waals surface area contributed by atoms with Crippen LogP contribution in [-0.4, -0.2) is 28.2 Å². The normalized spacial score (nSPS) is 19.6. The lowest BCUT2D eigenvalue weighted by molar-refractivity contribution is -0.146. The van der Waals surface area contributed by atoms with Gasteiger partial charge in [-0.25, -0.2) is 0 Å². The third-order valence-electron chi connectivity index (χ3n) is 5.32. The molecular formula is C22H27N3O2. The van der Waals surface area contributed by atoms with Crippen molar-refractivity contribution in [2.24, 2.45) is 5.92 Å². The highest BCUT2D eigenvalue weighted by Crippen LogP contribution is 2.34. The summed E-state index contributed by atoms with van der Waals surface area (Å²) in [5.41, 5.74) is 5.00. The Hall–Kier alpha value is -2.69. The van der Waals surface area contributed by atoms with Crippen molar-refractivity contribution in [2.45, 2.75) is 46.6 Å². The molecule has 0 aliphatic carbocycles. The number of amides is 2. The van der Waals surface area contributed by atoms with Gasteiger partial charge in [-0.2, -0.15) is 0 Å². The molecule has 0 unspecified atom stereocenters. The average molecular weight is 365 g/mol. The fourth-order valence-electron chi connectivity index (χ4n) is 3.63. The molecule has 1 N–H and O–H groups in total. The molecule has 0 bridgehead atoms.